The van der Waals surface area contributed by atoms with Crippen molar-refractivity contribution < 1.29 is 0 Å². The van der Waals surface area contributed by atoms with Crippen LogP contribution >= 0.6 is 22.6 Å². The van der Waals surface area contributed by atoms with Gasteiger partial charge in [0.2, 0.25) is 0 Å². The van der Waals surface area contributed by atoms with Gasteiger partial charge in [0.25, 0.3) is 0 Å². The van der Waals surface area contributed by atoms with Crippen LogP contribution in [0.2, 0.25) is 0 Å². The highest BCUT2D eigenvalue weighted by molar-refractivity contribution is 14.1. The Bertz CT molecular complexity index is 258. The number of hydrogen-bond donors (Lipinski definition) is 1. The number of halogens is 1. The van der Waals surface area contributed by atoms with Gasteiger partial charge in [-0.25, -0.2) is 0 Å². The number of rotatable bonds is 2. The molecular formula is C11H16IN. The fourth-order valence-electron chi connectivity index (χ4n) is 0.969. The van der Waals surface area contributed by atoms with E-state index in [4.69, 9.17) is 0 Å². The molecule has 1 rings (SSSR count). The molecule has 0 radical (unpaired) electrons. The Morgan fingerprint density at radius 2 is 1.69 bits per heavy atom. The van der Waals surface area contributed by atoms with E-state index in [0.29, 0.717) is 0 Å². The van der Waals surface area contributed by atoms with E-state index < -0.39 is 0 Å². The van der Waals surface area contributed by atoms with Crippen molar-refractivity contribution >= 4 is 22.6 Å². The van der Waals surface area contributed by atoms with Crippen LogP contribution in [0.1, 0.15) is 26.3 Å². The summed E-state index contributed by atoms with van der Waals surface area (Å²) in [5, 5.41) is 3.46. The van der Waals surface area contributed by atoms with E-state index >= 15 is 0 Å². The fourth-order valence-corrected chi connectivity index (χ4v) is 1.33. The van der Waals surface area contributed by atoms with Gasteiger partial charge in [-0.2, -0.15) is 0 Å². The molecule has 0 amide bonds. The van der Waals surface area contributed by atoms with Gasteiger partial charge in [-0.3, -0.25) is 0 Å². The van der Waals surface area contributed by atoms with Gasteiger partial charge in [0.15, 0.2) is 0 Å². The summed E-state index contributed by atoms with van der Waals surface area (Å²) in [5.41, 5.74) is 1.54. The van der Waals surface area contributed by atoms with Crippen molar-refractivity contribution in [1.82, 2.24) is 5.32 Å². The Morgan fingerprint density at radius 1 is 1.15 bits per heavy atom. The zero-order valence-corrected chi connectivity index (χ0v) is 10.6. The average Bonchev–Trinajstić information content (AvgIpc) is 2.02. The predicted octanol–water partition coefficient (Wildman–Crippen LogP) is 3.18. The van der Waals surface area contributed by atoms with Crippen LogP contribution in [0.5, 0.6) is 0 Å². The second kappa shape index (κ2) is 4.42. The SMILES string of the molecule is CC(C)(C)NCc1ccc(I)cc1. The minimum atomic E-state index is 0.197. The van der Waals surface area contributed by atoms with Gasteiger partial charge in [-0.15, -0.1) is 0 Å². The largest absolute Gasteiger partial charge is 0.308 e. The highest BCUT2D eigenvalue weighted by Crippen LogP contribution is 2.08. The van der Waals surface area contributed by atoms with Gasteiger partial charge >= 0.3 is 0 Å². The summed E-state index contributed by atoms with van der Waals surface area (Å²) >= 11 is 2.32. The Kier molecular flexibility index (Phi) is 3.74. The van der Waals surface area contributed by atoms with Crippen LogP contribution in [-0.4, -0.2) is 5.54 Å². The molecular weight excluding hydrogens is 273 g/mol. The first-order valence-electron chi connectivity index (χ1n) is 4.47. The molecule has 0 saturated heterocycles. The maximum absolute atomic E-state index is 3.46. The van der Waals surface area contributed by atoms with Crippen LogP contribution in [0.3, 0.4) is 0 Å². The molecule has 1 N–H and O–H groups in total. The molecule has 0 spiro atoms. The van der Waals surface area contributed by atoms with E-state index in [1.165, 1.54) is 9.13 Å². The van der Waals surface area contributed by atoms with Crippen molar-refractivity contribution in [2.75, 3.05) is 0 Å². The first kappa shape index (κ1) is 11.0. The normalized spacial score (nSPS) is 11.7. The van der Waals surface area contributed by atoms with Gasteiger partial charge in [-0.1, -0.05) is 12.1 Å². The lowest BCUT2D eigenvalue weighted by molar-refractivity contribution is 0.424. The van der Waals surface area contributed by atoms with E-state index in [-0.39, 0.29) is 5.54 Å². The Balaban J connectivity index is 2.51. The lowest BCUT2D eigenvalue weighted by Crippen LogP contribution is -2.35. The molecule has 1 nitrogen and oxygen atoms in total. The monoisotopic (exact) mass is 289 g/mol. The zero-order chi connectivity index (χ0) is 9.90. The smallest absolute Gasteiger partial charge is 0.0210 e. The molecule has 2 heteroatoms. The molecule has 0 fully saturated rings. The summed E-state index contributed by atoms with van der Waals surface area (Å²) in [6.07, 6.45) is 0. The zero-order valence-electron chi connectivity index (χ0n) is 8.39. The third-order valence-electron chi connectivity index (χ3n) is 1.74. The van der Waals surface area contributed by atoms with Crippen LogP contribution < -0.4 is 5.32 Å². The van der Waals surface area contributed by atoms with Gasteiger partial charge in [0.05, 0.1) is 0 Å². The van der Waals surface area contributed by atoms with Crippen molar-refractivity contribution in [3.8, 4) is 0 Å². The van der Waals surface area contributed by atoms with E-state index in [1.807, 2.05) is 0 Å². The molecule has 0 unspecified atom stereocenters. The van der Waals surface area contributed by atoms with Crippen LogP contribution in [-0.2, 0) is 6.54 Å². The van der Waals surface area contributed by atoms with Crippen molar-refractivity contribution in [3.63, 3.8) is 0 Å². The Morgan fingerprint density at radius 3 is 2.15 bits per heavy atom. The molecule has 1 aromatic rings. The van der Waals surface area contributed by atoms with Crippen LogP contribution in [0.25, 0.3) is 0 Å². The van der Waals surface area contributed by atoms with E-state index in [1.54, 1.807) is 0 Å². The summed E-state index contributed by atoms with van der Waals surface area (Å²) in [5.74, 6) is 0. The summed E-state index contributed by atoms with van der Waals surface area (Å²) in [6, 6.07) is 8.61. The highest BCUT2D eigenvalue weighted by atomic mass is 127. The summed E-state index contributed by atoms with van der Waals surface area (Å²) in [6.45, 7) is 7.49. The van der Waals surface area contributed by atoms with E-state index in [9.17, 15) is 0 Å². The van der Waals surface area contributed by atoms with Crippen LogP contribution in [0.15, 0.2) is 24.3 Å². The maximum Gasteiger partial charge on any atom is 0.0210 e. The molecule has 0 saturated carbocycles. The summed E-state index contributed by atoms with van der Waals surface area (Å²) < 4.78 is 1.29. The number of nitrogens with one attached hydrogen (secondary N) is 1. The molecule has 0 aliphatic carbocycles. The fraction of sp³-hybridized carbons (Fsp3) is 0.455. The van der Waals surface area contributed by atoms with Crippen LogP contribution in [0.4, 0.5) is 0 Å². The average molecular weight is 289 g/mol. The van der Waals surface area contributed by atoms with E-state index in [2.05, 4.69) is 72.9 Å². The van der Waals surface area contributed by atoms with Gasteiger partial charge in [0, 0.05) is 15.7 Å². The molecule has 1 aromatic carbocycles. The molecule has 0 bridgehead atoms. The lowest BCUT2D eigenvalue weighted by atomic mass is 10.1. The second-order valence-corrected chi connectivity index (χ2v) is 5.48. The molecule has 0 heterocycles. The predicted molar refractivity (Wildman–Crippen MR) is 65.8 cm³/mol. The molecule has 0 aliphatic rings. The van der Waals surface area contributed by atoms with Crippen molar-refractivity contribution in [2.24, 2.45) is 0 Å². The lowest BCUT2D eigenvalue weighted by Gasteiger charge is -2.20. The molecule has 0 atom stereocenters. The number of benzene rings is 1. The van der Waals surface area contributed by atoms with Gasteiger partial charge in [0.1, 0.15) is 0 Å². The summed E-state index contributed by atoms with van der Waals surface area (Å²) in [7, 11) is 0. The highest BCUT2D eigenvalue weighted by Gasteiger charge is 2.07. The van der Waals surface area contributed by atoms with Gasteiger partial charge < -0.3 is 5.32 Å². The second-order valence-electron chi connectivity index (χ2n) is 4.23. The van der Waals surface area contributed by atoms with Crippen molar-refractivity contribution in [3.05, 3.63) is 33.4 Å². The third-order valence-corrected chi connectivity index (χ3v) is 2.46. The van der Waals surface area contributed by atoms with Gasteiger partial charge in [-0.05, 0) is 61.1 Å². The first-order valence-corrected chi connectivity index (χ1v) is 5.55. The summed E-state index contributed by atoms with van der Waals surface area (Å²) in [4.78, 5) is 0. The quantitative estimate of drug-likeness (QED) is 0.825. The van der Waals surface area contributed by atoms with Crippen LogP contribution in [0, 0.1) is 3.57 Å². The van der Waals surface area contributed by atoms with Crippen molar-refractivity contribution in [2.45, 2.75) is 32.9 Å². The van der Waals surface area contributed by atoms with E-state index in [0.717, 1.165) is 6.54 Å². The Hall–Kier alpha value is -0.0900. The maximum atomic E-state index is 3.46. The van der Waals surface area contributed by atoms with Crippen molar-refractivity contribution in [1.29, 1.82) is 0 Å². The molecule has 0 aliphatic heterocycles. The number of hydrogen-bond acceptors (Lipinski definition) is 1. The first-order chi connectivity index (χ1) is 5.97. The molecule has 0 aromatic heterocycles. The minimum absolute atomic E-state index is 0.197. The molecule has 13 heavy (non-hydrogen) atoms. The molecule has 72 valence electrons. The standard InChI is InChI=1S/C11H16IN/c1-11(2,3)13-8-9-4-6-10(12)7-5-9/h4-7,13H,8H2,1-3H3. The third kappa shape index (κ3) is 4.62. The topological polar surface area (TPSA) is 12.0 Å². The Labute approximate surface area is 94.1 Å². The minimum Gasteiger partial charge on any atom is -0.308 e.